The van der Waals surface area contributed by atoms with Gasteiger partial charge in [0.05, 0.1) is 18.8 Å². The number of hydrogen-bond donors (Lipinski definition) is 0. The van der Waals surface area contributed by atoms with E-state index in [1.165, 1.54) is 10.1 Å². The Balaban J connectivity index is 1.58. The summed E-state index contributed by atoms with van der Waals surface area (Å²) in [5.41, 5.74) is 5.26. The van der Waals surface area contributed by atoms with Crippen molar-refractivity contribution in [3.8, 4) is 22.4 Å². The van der Waals surface area contributed by atoms with Crippen LogP contribution < -0.4 is 0 Å². The van der Waals surface area contributed by atoms with Gasteiger partial charge in [0.2, 0.25) is 5.91 Å². The van der Waals surface area contributed by atoms with Gasteiger partial charge in [0.25, 0.3) is 0 Å². The van der Waals surface area contributed by atoms with E-state index in [2.05, 4.69) is 46.2 Å². The first kappa shape index (κ1) is 21.6. The maximum absolute atomic E-state index is 13.0. The molecule has 0 aliphatic carbocycles. The molecule has 0 N–H and O–H groups in total. The summed E-state index contributed by atoms with van der Waals surface area (Å²) in [6.07, 6.45) is 7.24. The molecule has 1 amide bonds. The van der Waals surface area contributed by atoms with Crippen LogP contribution in [0.3, 0.4) is 0 Å². The molecule has 4 heterocycles. The van der Waals surface area contributed by atoms with Gasteiger partial charge < -0.3 is 9.80 Å². The highest BCUT2D eigenvalue weighted by molar-refractivity contribution is 7.17. The van der Waals surface area contributed by atoms with Crippen molar-refractivity contribution in [1.29, 1.82) is 0 Å². The SMILES string of the molecule is C[C@@H]1Cn2nc(-c3ccc4ccsc4c3)c(-c3ccncc3)c2CN1C(=O)/C=C/CN(C)C. The van der Waals surface area contributed by atoms with Crippen molar-refractivity contribution in [2.45, 2.75) is 26.1 Å². The fourth-order valence-corrected chi connectivity index (χ4v) is 5.18. The molecule has 0 spiro atoms. The van der Waals surface area contributed by atoms with Crippen molar-refractivity contribution in [1.82, 2.24) is 24.6 Å². The van der Waals surface area contributed by atoms with E-state index in [1.807, 2.05) is 54.5 Å². The second-order valence-electron chi connectivity index (χ2n) is 8.74. The number of aromatic nitrogens is 3. The molecule has 5 rings (SSSR count). The maximum atomic E-state index is 13.0. The van der Waals surface area contributed by atoms with Gasteiger partial charge in [-0.3, -0.25) is 14.5 Å². The predicted molar refractivity (Wildman–Crippen MR) is 134 cm³/mol. The number of benzene rings is 1. The molecule has 1 aliphatic rings. The highest BCUT2D eigenvalue weighted by atomic mass is 32.1. The average molecular weight is 458 g/mol. The normalized spacial score (nSPS) is 16.1. The quantitative estimate of drug-likeness (QED) is 0.409. The Labute approximate surface area is 197 Å². The second-order valence-corrected chi connectivity index (χ2v) is 9.69. The first-order valence-electron chi connectivity index (χ1n) is 11.1. The topological polar surface area (TPSA) is 54.3 Å². The smallest absolute Gasteiger partial charge is 0.246 e. The summed E-state index contributed by atoms with van der Waals surface area (Å²) in [5, 5.41) is 8.42. The van der Waals surface area contributed by atoms with Crippen LogP contribution in [-0.2, 0) is 17.9 Å². The molecule has 0 bridgehead atoms. The minimum atomic E-state index is 0.0408. The number of carbonyl (C=O) groups is 1. The van der Waals surface area contributed by atoms with Gasteiger partial charge in [-0.1, -0.05) is 18.2 Å². The molecule has 3 aromatic heterocycles. The largest absolute Gasteiger partial charge is 0.329 e. The number of fused-ring (bicyclic) bond motifs is 2. The molecule has 0 radical (unpaired) electrons. The molecule has 1 aliphatic heterocycles. The zero-order valence-electron chi connectivity index (χ0n) is 19.1. The minimum absolute atomic E-state index is 0.0408. The standard InChI is InChI=1S/C26H27N5OS/c1-18-16-31-22(17-30(18)24(32)5-4-13-29(2)3)25(20-8-11-27-12-9-20)26(28-31)21-7-6-19-10-14-33-23(19)15-21/h4-12,14-15,18H,13,16-17H2,1-3H3/b5-4+/t18-/m1/s1. The summed E-state index contributed by atoms with van der Waals surface area (Å²) < 4.78 is 3.33. The van der Waals surface area contributed by atoms with E-state index >= 15 is 0 Å². The van der Waals surface area contributed by atoms with Crippen LogP contribution in [0.5, 0.6) is 0 Å². The van der Waals surface area contributed by atoms with Crippen LogP contribution in [0.15, 0.2) is 66.3 Å². The number of nitrogens with zero attached hydrogens (tertiary/aromatic N) is 5. The van der Waals surface area contributed by atoms with Crippen molar-refractivity contribution >= 4 is 27.3 Å². The number of thiophene rings is 1. The number of rotatable bonds is 5. The van der Waals surface area contributed by atoms with Crippen molar-refractivity contribution in [3.05, 3.63) is 72.0 Å². The molecule has 1 aromatic carbocycles. The monoisotopic (exact) mass is 457 g/mol. The Bertz CT molecular complexity index is 1320. The average Bonchev–Trinajstić information content (AvgIpc) is 3.42. The Hall–Kier alpha value is -3.29. The van der Waals surface area contributed by atoms with Gasteiger partial charge >= 0.3 is 0 Å². The summed E-state index contributed by atoms with van der Waals surface area (Å²) in [4.78, 5) is 21.2. The van der Waals surface area contributed by atoms with Crippen molar-refractivity contribution in [3.63, 3.8) is 0 Å². The van der Waals surface area contributed by atoms with Gasteiger partial charge in [0.1, 0.15) is 5.69 Å². The molecule has 7 heteroatoms. The molecule has 0 saturated heterocycles. The summed E-state index contributed by atoms with van der Waals surface area (Å²) in [7, 11) is 3.99. The zero-order valence-corrected chi connectivity index (χ0v) is 19.9. The third-order valence-corrected chi connectivity index (χ3v) is 6.94. The molecule has 0 fully saturated rings. The number of amides is 1. The first-order valence-corrected chi connectivity index (χ1v) is 12.0. The predicted octanol–water partition coefficient (Wildman–Crippen LogP) is 4.68. The van der Waals surface area contributed by atoms with E-state index in [0.717, 1.165) is 34.6 Å². The number of hydrogen-bond acceptors (Lipinski definition) is 5. The number of pyridine rings is 1. The summed E-state index contributed by atoms with van der Waals surface area (Å²) >= 11 is 1.74. The highest BCUT2D eigenvalue weighted by Gasteiger charge is 2.31. The van der Waals surface area contributed by atoms with Crippen molar-refractivity contribution in [2.75, 3.05) is 20.6 Å². The molecule has 1 atom stereocenters. The number of carbonyl (C=O) groups excluding carboxylic acids is 1. The molecule has 0 unspecified atom stereocenters. The Morgan fingerprint density at radius 2 is 2.00 bits per heavy atom. The molecular weight excluding hydrogens is 430 g/mol. The van der Waals surface area contributed by atoms with Gasteiger partial charge in [0, 0.05) is 46.9 Å². The summed E-state index contributed by atoms with van der Waals surface area (Å²) in [5.74, 6) is 0.0408. The van der Waals surface area contributed by atoms with Crippen LogP contribution >= 0.6 is 11.3 Å². The van der Waals surface area contributed by atoms with Crippen molar-refractivity contribution in [2.24, 2.45) is 0 Å². The van der Waals surface area contributed by atoms with E-state index < -0.39 is 0 Å². The van der Waals surface area contributed by atoms with E-state index in [-0.39, 0.29) is 11.9 Å². The van der Waals surface area contributed by atoms with Crippen LogP contribution in [0.25, 0.3) is 32.5 Å². The Kier molecular flexibility index (Phi) is 5.83. The molecular formula is C26H27N5OS. The lowest BCUT2D eigenvalue weighted by Crippen LogP contribution is -2.44. The third-order valence-electron chi connectivity index (χ3n) is 6.06. The zero-order chi connectivity index (χ0) is 22.9. The molecule has 0 saturated carbocycles. The van der Waals surface area contributed by atoms with E-state index in [1.54, 1.807) is 17.4 Å². The fraction of sp³-hybridized carbons (Fsp3) is 0.269. The van der Waals surface area contributed by atoms with Crippen LogP contribution in [-0.4, -0.2) is 57.2 Å². The lowest BCUT2D eigenvalue weighted by molar-refractivity contribution is -0.129. The lowest BCUT2D eigenvalue weighted by Gasteiger charge is -2.33. The van der Waals surface area contributed by atoms with Gasteiger partial charge in [-0.25, -0.2) is 0 Å². The van der Waals surface area contributed by atoms with E-state index in [4.69, 9.17) is 5.10 Å². The van der Waals surface area contributed by atoms with E-state index in [0.29, 0.717) is 13.1 Å². The van der Waals surface area contributed by atoms with Gasteiger partial charge in [-0.15, -0.1) is 11.3 Å². The molecule has 168 valence electrons. The van der Waals surface area contributed by atoms with Gasteiger partial charge in [-0.2, -0.15) is 5.10 Å². The molecule has 4 aromatic rings. The van der Waals surface area contributed by atoms with Gasteiger partial charge in [0.15, 0.2) is 0 Å². The van der Waals surface area contributed by atoms with Crippen LogP contribution in [0.4, 0.5) is 0 Å². The van der Waals surface area contributed by atoms with E-state index in [9.17, 15) is 4.79 Å². The summed E-state index contributed by atoms with van der Waals surface area (Å²) in [6, 6.07) is 12.8. The Morgan fingerprint density at radius 3 is 2.79 bits per heavy atom. The minimum Gasteiger partial charge on any atom is -0.329 e. The fourth-order valence-electron chi connectivity index (χ4n) is 4.36. The van der Waals surface area contributed by atoms with Crippen LogP contribution in [0.2, 0.25) is 0 Å². The highest BCUT2D eigenvalue weighted by Crippen LogP contribution is 2.38. The number of likely N-dealkylation sites (N-methyl/N-ethyl adjacent to an activating group) is 1. The van der Waals surface area contributed by atoms with Crippen LogP contribution in [0, 0.1) is 0 Å². The summed E-state index contributed by atoms with van der Waals surface area (Å²) in [6.45, 7) is 4.02. The molecule has 6 nitrogen and oxygen atoms in total. The first-order chi connectivity index (χ1) is 16.0. The van der Waals surface area contributed by atoms with Crippen molar-refractivity contribution < 1.29 is 4.79 Å². The lowest BCUT2D eigenvalue weighted by atomic mass is 9.98. The Morgan fingerprint density at radius 1 is 1.18 bits per heavy atom. The van der Waals surface area contributed by atoms with Crippen LogP contribution in [0.1, 0.15) is 12.6 Å². The molecule has 33 heavy (non-hydrogen) atoms. The second kappa shape index (κ2) is 8.92. The van der Waals surface area contributed by atoms with Gasteiger partial charge in [-0.05, 0) is 61.6 Å². The maximum Gasteiger partial charge on any atom is 0.246 e. The third kappa shape index (κ3) is 4.21.